The number of pyridine rings is 4. The van der Waals surface area contributed by atoms with E-state index in [0.717, 1.165) is 138 Å². The third-order valence-electron chi connectivity index (χ3n) is 15.8. The molecule has 0 aliphatic carbocycles. The second kappa shape index (κ2) is 18.1. The monoisotopic (exact) mass is 1050 g/mol. The lowest BCUT2D eigenvalue weighted by Gasteiger charge is -2.25. The molecule has 17 rings (SSSR count). The number of hydrogen-bond acceptors (Lipinski definition) is 10. The van der Waals surface area contributed by atoms with Gasteiger partial charge in [0, 0.05) is 32.8 Å². The third kappa shape index (κ3) is 7.35. The second-order valence-corrected chi connectivity index (χ2v) is 20.6. The van der Waals surface area contributed by atoms with Crippen LogP contribution in [0.3, 0.4) is 0 Å². The van der Waals surface area contributed by atoms with E-state index >= 15 is 0 Å². The standard InChI is InChI=1S/C72H42N6O4/c1-2-14-43(15-3-1)51-18-6-10-22-60(51)78(67-34-32-64-69(75-67)54-21-9-13-25-63(54)79-64)68-35-33-65-70(76-68)55-31-28-47(38-66(55)80-65)57-37-46-17-5-4-16-45(46)36-56(57)44-26-29-48(30-27-44)77(49-39-58-52-19-7-11-23-61(52)81-71(58)73-41-49)50-40-59-53-20-8-12-24-62(53)82-72(59)74-42-50/h1-42H. The molecule has 0 saturated heterocycles. The average molecular weight is 1060 g/mol. The van der Waals surface area contributed by atoms with Gasteiger partial charge in [0.15, 0.2) is 11.2 Å². The van der Waals surface area contributed by atoms with Crippen LogP contribution in [0.15, 0.2) is 273 Å². The van der Waals surface area contributed by atoms with Gasteiger partial charge in [0.25, 0.3) is 0 Å². The summed E-state index contributed by atoms with van der Waals surface area (Å²) in [6.07, 6.45) is 3.73. The number of aromatic nitrogens is 4. The van der Waals surface area contributed by atoms with Gasteiger partial charge in [-0.15, -0.1) is 0 Å². The molecule has 0 aliphatic heterocycles. The van der Waals surface area contributed by atoms with Crippen molar-refractivity contribution in [2.24, 2.45) is 0 Å². The highest BCUT2D eigenvalue weighted by molar-refractivity contribution is 6.09. The largest absolute Gasteiger partial charge is 0.454 e. The molecule has 0 atom stereocenters. The second-order valence-electron chi connectivity index (χ2n) is 20.6. The zero-order chi connectivity index (χ0) is 53.8. The van der Waals surface area contributed by atoms with Crippen LogP contribution in [0.2, 0.25) is 0 Å². The van der Waals surface area contributed by atoms with Crippen molar-refractivity contribution in [1.82, 2.24) is 19.9 Å². The van der Waals surface area contributed by atoms with Crippen LogP contribution in [-0.2, 0) is 0 Å². The van der Waals surface area contributed by atoms with Crippen LogP contribution >= 0.6 is 0 Å². The van der Waals surface area contributed by atoms with Crippen LogP contribution in [0.1, 0.15) is 0 Å². The summed E-state index contributed by atoms with van der Waals surface area (Å²) < 4.78 is 25.4. The lowest BCUT2D eigenvalue weighted by atomic mass is 9.91. The third-order valence-corrected chi connectivity index (χ3v) is 15.8. The van der Waals surface area contributed by atoms with Gasteiger partial charge in [0.2, 0.25) is 11.4 Å². The highest BCUT2D eigenvalue weighted by atomic mass is 16.3. The number of fused-ring (bicyclic) bond motifs is 13. The van der Waals surface area contributed by atoms with Gasteiger partial charge < -0.3 is 22.6 Å². The van der Waals surface area contributed by atoms with Gasteiger partial charge in [-0.1, -0.05) is 140 Å². The molecule has 8 aromatic heterocycles. The Morgan fingerprint density at radius 2 is 0.768 bits per heavy atom. The molecule has 384 valence electrons. The number of benzene rings is 9. The summed E-state index contributed by atoms with van der Waals surface area (Å²) >= 11 is 0. The van der Waals surface area contributed by atoms with Crippen molar-refractivity contribution in [3.05, 3.63) is 255 Å². The maximum Gasteiger partial charge on any atom is 0.227 e. The fraction of sp³-hybridized carbons (Fsp3) is 0. The molecular weight excluding hydrogens is 1010 g/mol. The molecular formula is C72H42N6O4. The number of nitrogens with zero attached hydrogens (tertiary/aromatic N) is 6. The van der Waals surface area contributed by atoms with Crippen molar-refractivity contribution in [3.8, 4) is 33.4 Å². The Labute approximate surface area is 467 Å². The lowest BCUT2D eigenvalue weighted by Crippen LogP contribution is -2.14. The molecule has 0 unspecified atom stereocenters. The lowest BCUT2D eigenvalue weighted by molar-refractivity contribution is 0.654. The Kier molecular flexibility index (Phi) is 10.1. The quantitative estimate of drug-likeness (QED) is 0.139. The molecule has 10 nitrogen and oxygen atoms in total. The maximum absolute atomic E-state index is 6.76. The molecule has 0 spiro atoms. The van der Waals surface area contributed by atoms with Gasteiger partial charge in [-0.3, -0.25) is 4.90 Å². The maximum atomic E-state index is 6.76. The SMILES string of the molecule is c1ccc(-c2ccccc2N(c2ccc3oc4ccccc4c3n2)c2ccc3oc4cc(-c5cc6ccccc6cc5-c5ccc(N(c6cnc7oc8ccccc8c7c6)c6cnc7oc8ccccc8c7c6)cc5)ccc4c3n2)cc1. The van der Waals surface area contributed by atoms with Gasteiger partial charge in [0.05, 0.1) is 40.2 Å². The summed E-state index contributed by atoms with van der Waals surface area (Å²) in [5, 5.41) is 7.99. The molecule has 82 heavy (non-hydrogen) atoms. The fourth-order valence-corrected chi connectivity index (χ4v) is 11.9. The van der Waals surface area contributed by atoms with Gasteiger partial charge in [-0.2, -0.15) is 0 Å². The Balaban J connectivity index is 0.783. The minimum atomic E-state index is 0.582. The summed E-state index contributed by atoms with van der Waals surface area (Å²) in [7, 11) is 0. The van der Waals surface area contributed by atoms with E-state index < -0.39 is 0 Å². The normalized spacial score (nSPS) is 11.9. The Bertz CT molecular complexity index is 5280. The number of furan rings is 4. The van der Waals surface area contributed by atoms with E-state index in [4.69, 9.17) is 37.6 Å². The molecule has 0 aliphatic rings. The molecule has 9 aromatic carbocycles. The van der Waals surface area contributed by atoms with Crippen LogP contribution in [-0.4, -0.2) is 19.9 Å². The van der Waals surface area contributed by atoms with E-state index in [9.17, 15) is 0 Å². The molecule has 8 heterocycles. The summed E-state index contributed by atoms with van der Waals surface area (Å²) in [5.41, 5.74) is 17.1. The average Bonchev–Trinajstić information content (AvgIpc) is 4.47. The van der Waals surface area contributed by atoms with E-state index in [1.807, 2.05) is 97.3 Å². The van der Waals surface area contributed by atoms with Crippen molar-refractivity contribution in [2.45, 2.75) is 0 Å². The Morgan fingerprint density at radius 3 is 1.40 bits per heavy atom. The van der Waals surface area contributed by atoms with Crippen LogP contribution < -0.4 is 9.80 Å². The van der Waals surface area contributed by atoms with E-state index in [1.165, 1.54) is 0 Å². The molecule has 17 aromatic rings. The van der Waals surface area contributed by atoms with E-state index in [2.05, 4.69) is 168 Å². The van der Waals surface area contributed by atoms with Gasteiger partial charge in [-0.25, -0.2) is 19.9 Å². The van der Waals surface area contributed by atoms with Crippen molar-refractivity contribution < 1.29 is 17.7 Å². The fourth-order valence-electron chi connectivity index (χ4n) is 11.9. The van der Waals surface area contributed by atoms with Crippen LogP contribution in [0, 0.1) is 0 Å². The highest BCUT2D eigenvalue weighted by Gasteiger charge is 2.24. The van der Waals surface area contributed by atoms with Crippen LogP contribution in [0.4, 0.5) is 34.4 Å². The molecule has 10 heteroatoms. The first-order valence-electron chi connectivity index (χ1n) is 27.1. The molecule has 0 fully saturated rings. The summed E-state index contributed by atoms with van der Waals surface area (Å²) in [4.78, 5) is 24.8. The minimum absolute atomic E-state index is 0.582. The van der Waals surface area contributed by atoms with Crippen LogP contribution in [0.5, 0.6) is 0 Å². The van der Waals surface area contributed by atoms with Gasteiger partial charge in [-0.05, 0) is 142 Å². The van der Waals surface area contributed by atoms with E-state index in [1.54, 1.807) is 0 Å². The molecule has 0 radical (unpaired) electrons. The van der Waals surface area contributed by atoms with Crippen LogP contribution in [0.25, 0.3) is 132 Å². The first kappa shape index (κ1) is 45.6. The summed E-state index contributed by atoms with van der Waals surface area (Å²) in [6.45, 7) is 0. The van der Waals surface area contributed by atoms with E-state index in [0.29, 0.717) is 28.6 Å². The molecule has 0 amide bonds. The first-order valence-corrected chi connectivity index (χ1v) is 27.1. The molecule has 0 bridgehead atoms. The number of anilines is 6. The van der Waals surface area contributed by atoms with Crippen molar-refractivity contribution >= 4 is 133 Å². The van der Waals surface area contributed by atoms with Gasteiger partial charge in [0.1, 0.15) is 45.0 Å². The Morgan fingerprint density at radius 1 is 0.280 bits per heavy atom. The zero-order valence-corrected chi connectivity index (χ0v) is 43.6. The Hall–Kier alpha value is -11.4. The summed E-state index contributed by atoms with van der Waals surface area (Å²) in [5.74, 6) is 1.40. The smallest absolute Gasteiger partial charge is 0.227 e. The van der Waals surface area contributed by atoms with E-state index in [-0.39, 0.29) is 0 Å². The van der Waals surface area contributed by atoms with Crippen molar-refractivity contribution in [3.63, 3.8) is 0 Å². The topological polar surface area (TPSA) is 111 Å². The number of para-hydroxylation sites is 4. The first-order chi connectivity index (χ1) is 40.6. The zero-order valence-electron chi connectivity index (χ0n) is 43.6. The highest BCUT2D eigenvalue weighted by Crippen LogP contribution is 2.45. The number of rotatable bonds is 9. The number of hydrogen-bond donors (Lipinski definition) is 0. The molecule has 0 saturated carbocycles. The van der Waals surface area contributed by atoms with Crippen molar-refractivity contribution in [1.29, 1.82) is 0 Å². The molecule has 0 N–H and O–H groups in total. The predicted molar refractivity (Wildman–Crippen MR) is 330 cm³/mol. The predicted octanol–water partition coefficient (Wildman–Crippen LogP) is 20.0. The van der Waals surface area contributed by atoms with Crippen molar-refractivity contribution in [2.75, 3.05) is 9.80 Å². The minimum Gasteiger partial charge on any atom is -0.454 e. The summed E-state index contributed by atoms with van der Waals surface area (Å²) in [6, 6.07) is 83.6. The van der Waals surface area contributed by atoms with Gasteiger partial charge >= 0.3 is 0 Å².